The van der Waals surface area contributed by atoms with E-state index in [0.717, 1.165) is 18.7 Å². The molecule has 1 aromatic carbocycles. The summed E-state index contributed by atoms with van der Waals surface area (Å²) in [6, 6.07) is 5.45. The van der Waals surface area contributed by atoms with Crippen LogP contribution in [-0.2, 0) is 0 Å². The molecule has 0 amide bonds. The van der Waals surface area contributed by atoms with Gasteiger partial charge in [0.2, 0.25) is 0 Å². The third-order valence-electron chi connectivity index (χ3n) is 3.70. The van der Waals surface area contributed by atoms with Gasteiger partial charge >= 0.3 is 0 Å². The number of likely N-dealkylation sites (tertiary alicyclic amines) is 1. The number of rotatable bonds is 4. The number of aromatic hydroxyl groups is 1. The molecule has 1 heterocycles. The Morgan fingerprint density at radius 1 is 1.50 bits per heavy atom. The van der Waals surface area contributed by atoms with Crippen LogP contribution in [0.3, 0.4) is 0 Å². The van der Waals surface area contributed by atoms with Gasteiger partial charge in [0.25, 0.3) is 0 Å². The number of phenolic OH excluding ortho intramolecular Hbond substituents is 1. The molecular formula is C15H21NO2. The van der Waals surface area contributed by atoms with Gasteiger partial charge in [-0.2, -0.15) is 0 Å². The average molecular weight is 247 g/mol. The number of nitrogens with zero attached hydrogens (tertiary/aromatic N) is 1. The normalized spacial score (nSPS) is 20.8. The molecular weight excluding hydrogens is 226 g/mol. The molecule has 1 saturated heterocycles. The van der Waals surface area contributed by atoms with Crippen LogP contribution >= 0.6 is 0 Å². The zero-order chi connectivity index (χ0) is 13.0. The maximum atomic E-state index is 10.7. The van der Waals surface area contributed by atoms with E-state index in [9.17, 15) is 9.90 Å². The monoisotopic (exact) mass is 247 g/mol. The predicted molar refractivity (Wildman–Crippen MR) is 72.2 cm³/mol. The second kappa shape index (κ2) is 6.01. The van der Waals surface area contributed by atoms with Gasteiger partial charge in [0.1, 0.15) is 5.75 Å². The second-order valence-corrected chi connectivity index (χ2v) is 5.08. The quantitative estimate of drug-likeness (QED) is 0.832. The van der Waals surface area contributed by atoms with Gasteiger partial charge in [-0.1, -0.05) is 13.0 Å². The van der Waals surface area contributed by atoms with Crippen LogP contribution in [0.2, 0.25) is 0 Å². The minimum Gasteiger partial charge on any atom is -0.507 e. The number of carbonyl (C=O) groups is 1. The van der Waals surface area contributed by atoms with Crippen LogP contribution in [0, 0.1) is 0 Å². The minimum absolute atomic E-state index is 0.107. The first-order valence-corrected chi connectivity index (χ1v) is 6.75. The second-order valence-electron chi connectivity index (χ2n) is 5.08. The van der Waals surface area contributed by atoms with Crippen molar-refractivity contribution < 1.29 is 9.90 Å². The molecule has 18 heavy (non-hydrogen) atoms. The van der Waals surface area contributed by atoms with Gasteiger partial charge in [0.15, 0.2) is 6.29 Å². The number of phenols is 1. The van der Waals surface area contributed by atoms with Crippen LogP contribution in [0.25, 0.3) is 0 Å². The van der Waals surface area contributed by atoms with Crippen LogP contribution in [0.15, 0.2) is 18.2 Å². The minimum atomic E-state index is 0.107. The maximum absolute atomic E-state index is 10.7. The van der Waals surface area contributed by atoms with Crippen molar-refractivity contribution in [3.8, 4) is 5.75 Å². The molecule has 1 aliphatic heterocycles. The molecule has 2 rings (SSSR count). The SMILES string of the molecule is CCCN1CCCC(c2ccc(C=O)c(O)c2)C1. The van der Waals surface area contributed by atoms with Gasteiger partial charge in [0.05, 0.1) is 5.56 Å². The van der Waals surface area contributed by atoms with Crippen molar-refractivity contribution in [2.75, 3.05) is 19.6 Å². The van der Waals surface area contributed by atoms with E-state index >= 15 is 0 Å². The van der Waals surface area contributed by atoms with Gasteiger partial charge in [-0.05, 0) is 56.0 Å². The van der Waals surface area contributed by atoms with E-state index in [0.29, 0.717) is 17.8 Å². The Morgan fingerprint density at radius 3 is 3.00 bits per heavy atom. The summed E-state index contributed by atoms with van der Waals surface area (Å²) in [5, 5.41) is 9.75. The number of hydrogen-bond donors (Lipinski definition) is 1. The molecule has 0 radical (unpaired) electrons. The smallest absolute Gasteiger partial charge is 0.153 e. The summed E-state index contributed by atoms with van der Waals surface area (Å²) in [6.45, 7) is 5.60. The lowest BCUT2D eigenvalue weighted by Crippen LogP contribution is -2.34. The van der Waals surface area contributed by atoms with Crippen LogP contribution in [0.1, 0.15) is 48.0 Å². The van der Waals surface area contributed by atoms with Crippen LogP contribution in [0.4, 0.5) is 0 Å². The molecule has 98 valence electrons. The zero-order valence-electron chi connectivity index (χ0n) is 10.9. The van der Waals surface area contributed by atoms with Crippen LogP contribution < -0.4 is 0 Å². The Bertz CT molecular complexity index is 415. The molecule has 3 nitrogen and oxygen atoms in total. The Hall–Kier alpha value is -1.35. The Kier molecular flexibility index (Phi) is 4.37. The van der Waals surface area contributed by atoms with E-state index in [4.69, 9.17) is 0 Å². The lowest BCUT2D eigenvalue weighted by atomic mass is 9.90. The maximum Gasteiger partial charge on any atom is 0.153 e. The summed E-state index contributed by atoms with van der Waals surface area (Å²) in [5.41, 5.74) is 1.53. The van der Waals surface area contributed by atoms with Crippen molar-refractivity contribution in [2.45, 2.75) is 32.1 Å². The molecule has 0 aliphatic carbocycles. The number of piperidine rings is 1. The first kappa shape index (κ1) is 13.1. The lowest BCUT2D eigenvalue weighted by molar-refractivity contribution is 0.112. The topological polar surface area (TPSA) is 40.5 Å². The van der Waals surface area contributed by atoms with E-state index in [1.165, 1.54) is 25.8 Å². The Morgan fingerprint density at radius 2 is 2.33 bits per heavy atom. The molecule has 0 saturated carbocycles. The van der Waals surface area contributed by atoms with Crippen molar-refractivity contribution in [2.24, 2.45) is 0 Å². The highest BCUT2D eigenvalue weighted by Gasteiger charge is 2.21. The molecule has 1 N–H and O–H groups in total. The Balaban J connectivity index is 2.10. The van der Waals surface area contributed by atoms with E-state index in [1.807, 2.05) is 6.07 Å². The summed E-state index contributed by atoms with van der Waals surface area (Å²) < 4.78 is 0. The fourth-order valence-corrected chi connectivity index (χ4v) is 2.76. The van der Waals surface area contributed by atoms with Crippen molar-refractivity contribution in [1.29, 1.82) is 0 Å². The molecule has 1 unspecified atom stereocenters. The summed E-state index contributed by atoms with van der Waals surface area (Å²) in [4.78, 5) is 13.2. The van der Waals surface area contributed by atoms with Crippen LogP contribution in [0.5, 0.6) is 5.75 Å². The van der Waals surface area contributed by atoms with Crippen LogP contribution in [-0.4, -0.2) is 35.9 Å². The summed E-state index contributed by atoms with van der Waals surface area (Å²) in [7, 11) is 0. The Labute approximate surface area is 108 Å². The van der Waals surface area contributed by atoms with Crippen molar-refractivity contribution >= 4 is 6.29 Å². The average Bonchev–Trinajstić information content (AvgIpc) is 2.39. The molecule has 1 aromatic rings. The zero-order valence-corrected chi connectivity index (χ0v) is 10.9. The molecule has 1 fully saturated rings. The lowest BCUT2D eigenvalue weighted by Gasteiger charge is -2.32. The molecule has 1 aliphatic rings. The van der Waals surface area contributed by atoms with Gasteiger partial charge in [-0.25, -0.2) is 0 Å². The third-order valence-corrected chi connectivity index (χ3v) is 3.70. The van der Waals surface area contributed by atoms with Gasteiger partial charge in [0, 0.05) is 6.54 Å². The fraction of sp³-hybridized carbons (Fsp3) is 0.533. The first-order chi connectivity index (χ1) is 8.74. The summed E-state index contributed by atoms with van der Waals surface area (Å²) >= 11 is 0. The van der Waals surface area contributed by atoms with Gasteiger partial charge < -0.3 is 10.0 Å². The third kappa shape index (κ3) is 2.91. The summed E-state index contributed by atoms with van der Waals surface area (Å²) in [5.74, 6) is 0.590. The molecule has 0 aromatic heterocycles. The molecule has 1 atom stereocenters. The summed E-state index contributed by atoms with van der Waals surface area (Å²) in [6.07, 6.45) is 4.26. The standard InChI is InChI=1S/C15H21NO2/c1-2-7-16-8-3-4-13(10-16)12-5-6-14(11-17)15(18)9-12/h5-6,9,11,13,18H,2-4,7-8,10H2,1H3. The molecule has 0 spiro atoms. The van der Waals surface area contributed by atoms with E-state index in [1.54, 1.807) is 12.1 Å². The van der Waals surface area contributed by atoms with Crippen molar-refractivity contribution in [1.82, 2.24) is 4.90 Å². The number of benzene rings is 1. The van der Waals surface area contributed by atoms with Gasteiger partial charge in [-0.3, -0.25) is 4.79 Å². The predicted octanol–water partition coefficient (Wildman–Crippen LogP) is 2.79. The molecule has 0 bridgehead atoms. The van der Waals surface area contributed by atoms with E-state index < -0.39 is 0 Å². The van der Waals surface area contributed by atoms with E-state index in [-0.39, 0.29) is 5.75 Å². The van der Waals surface area contributed by atoms with Gasteiger partial charge in [-0.15, -0.1) is 0 Å². The highest BCUT2D eigenvalue weighted by molar-refractivity contribution is 5.79. The van der Waals surface area contributed by atoms with E-state index in [2.05, 4.69) is 11.8 Å². The van der Waals surface area contributed by atoms with Crippen molar-refractivity contribution in [3.63, 3.8) is 0 Å². The largest absolute Gasteiger partial charge is 0.507 e. The number of carbonyl (C=O) groups excluding carboxylic acids is 1. The van der Waals surface area contributed by atoms with Crippen molar-refractivity contribution in [3.05, 3.63) is 29.3 Å². The number of aldehydes is 1. The first-order valence-electron chi connectivity index (χ1n) is 6.75. The molecule has 3 heteroatoms. The number of hydrogen-bond acceptors (Lipinski definition) is 3. The fourth-order valence-electron chi connectivity index (χ4n) is 2.76. The highest BCUT2D eigenvalue weighted by atomic mass is 16.3. The highest BCUT2D eigenvalue weighted by Crippen LogP contribution is 2.30.